The number of carbonyl (C=O) groups is 1. The van der Waals surface area contributed by atoms with E-state index in [9.17, 15) is 4.79 Å². The Kier molecular flexibility index (Phi) is 7.22. The van der Waals surface area contributed by atoms with Crippen molar-refractivity contribution < 1.29 is 18.8 Å². The molecule has 0 saturated carbocycles. The van der Waals surface area contributed by atoms with E-state index < -0.39 is 18.3 Å². The summed E-state index contributed by atoms with van der Waals surface area (Å²) in [7, 11) is -0.518. The van der Waals surface area contributed by atoms with Gasteiger partial charge < -0.3 is 18.9 Å². The summed E-state index contributed by atoms with van der Waals surface area (Å²) in [6.07, 6.45) is 0.513. The van der Waals surface area contributed by atoms with Gasteiger partial charge in [0.2, 0.25) is 5.91 Å². The molecule has 41 heavy (non-hydrogen) atoms. The van der Waals surface area contributed by atoms with Crippen molar-refractivity contribution in [2.75, 3.05) is 6.54 Å². The Labute approximate surface area is 245 Å². The summed E-state index contributed by atoms with van der Waals surface area (Å²) in [5.74, 6) is 1.70. The van der Waals surface area contributed by atoms with Crippen LogP contribution in [-0.4, -0.2) is 45.9 Å². The quantitative estimate of drug-likeness (QED) is 0.251. The Balaban J connectivity index is 1.28. The molecular weight excluding hydrogens is 533 g/mol. The minimum absolute atomic E-state index is 0.150. The Morgan fingerprint density at radius 1 is 0.976 bits per heavy atom. The summed E-state index contributed by atoms with van der Waals surface area (Å²) >= 11 is 1.56. The van der Waals surface area contributed by atoms with E-state index in [1.54, 1.807) is 11.3 Å². The number of amides is 1. The van der Waals surface area contributed by atoms with Crippen molar-refractivity contribution in [1.82, 2.24) is 15.1 Å². The fourth-order valence-electron chi connectivity index (χ4n) is 5.21. The molecule has 9 heteroatoms. The number of hydrogen-bond donors (Lipinski definition) is 0. The SMILES string of the molecule is Cc1nnc(-c2ccc(Oc3cc(B4OC(C)(C)C(C)(C)O4)ccc3CN3CC(c4ccccc4)CC3=O)cc2)s1. The fourth-order valence-corrected chi connectivity index (χ4v) is 5.90. The number of ether oxygens (including phenoxy) is 1. The molecule has 3 aromatic carbocycles. The number of benzene rings is 3. The van der Waals surface area contributed by atoms with Gasteiger partial charge in [-0.05, 0) is 76.0 Å². The van der Waals surface area contributed by atoms with E-state index in [-0.39, 0.29) is 11.8 Å². The lowest BCUT2D eigenvalue weighted by molar-refractivity contribution is -0.128. The van der Waals surface area contributed by atoms with E-state index in [1.165, 1.54) is 5.56 Å². The monoisotopic (exact) mass is 567 g/mol. The number of aryl methyl sites for hydroxylation is 1. The lowest BCUT2D eigenvalue weighted by atomic mass is 9.78. The molecule has 0 bridgehead atoms. The van der Waals surface area contributed by atoms with E-state index >= 15 is 0 Å². The summed E-state index contributed by atoms with van der Waals surface area (Å²) in [6, 6.07) is 24.1. The Morgan fingerprint density at radius 3 is 2.34 bits per heavy atom. The molecule has 2 fully saturated rings. The predicted octanol–water partition coefficient (Wildman–Crippen LogP) is 6.12. The van der Waals surface area contributed by atoms with Gasteiger partial charge >= 0.3 is 7.12 Å². The standard InChI is InChI=1S/C32H34BN3O4S/c1-21-34-35-30(41-21)23-12-15-27(16-13-23)38-28-18-26(33-39-31(2,3)32(4,5)40-33)14-11-24(28)19-36-20-25(17-29(36)37)22-9-7-6-8-10-22/h6-16,18,25H,17,19-20H2,1-5H3. The first-order chi connectivity index (χ1) is 19.6. The molecule has 0 N–H and O–H groups in total. The first-order valence-electron chi connectivity index (χ1n) is 14.0. The maximum absolute atomic E-state index is 13.1. The highest BCUT2D eigenvalue weighted by Crippen LogP contribution is 2.38. The third-order valence-electron chi connectivity index (χ3n) is 8.32. The number of likely N-dealkylation sites (tertiary alicyclic amines) is 1. The van der Waals surface area contributed by atoms with E-state index in [0.717, 1.165) is 26.6 Å². The van der Waals surface area contributed by atoms with Gasteiger partial charge in [0.25, 0.3) is 0 Å². The first-order valence-corrected chi connectivity index (χ1v) is 14.8. The van der Waals surface area contributed by atoms with Crippen LogP contribution in [0.3, 0.4) is 0 Å². The molecule has 1 atom stereocenters. The number of nitrogens with zero attached hydrogens (tertiary/aromatic N) is 3. The highest BCUT2D eigenvalue weighted by molar-refractivity contribution is 7.14. The summed E-state index contributed by atoms with van der Waals surface area (Å²) in [4.78, 5) is 15.0. The molecule has 7 nitrogen and oxygen atoms in total. The molecule has 0 radical (unpaired) electrons. The minimum atomic E-state index is -0.518. The van der Waals surface area contributed by atoms with Crippen molar-refractivity contribution in [2.45, 2.75) is 64.7 Å². The third-order valence-corrected chi connectivity index (χ3v) is 9.21. The molecule has 210 valence electrons. The maximum atomic E-state index is 13.1. The fraction of sp³-hybridized carbons (Fsp3) is 0.344. The molecule has 2 aliphatic rings. The van der Waals surface area contributed by atoms with Crippen LogP contribution in [0.4, 0.5) is 0 Å². The van der Waals surface area contributed by atoms with Crippen LogP contribution in [0.5, 0.6) is 11.5 Å². The molecule has 1 aromatic heterocycles. The van der Waals surface area contributed by atoms with Crippen LogP contribution in [0.2, 0.25) is 0 Å². The number of carbonyl (C=O) groups excluding carboxylic acids is 1. The molecule has 3 heterocycles. The molecule has 0 spiro atoms. The normalized spacial score (nSPS) is 19.6. The molecule has 1 amide bonds. The van der Waals surface area contributed by atoms with Crippen molar-refractivity contribution in [3.8, 4) is 22.1 Å². The molecule has 1 unspecified atom stereocenters. The average Bonchev–Trinajstić information content (AvgIpc) is 3.60. The summed E-state index contributed by atoms with van der Waals surface area (Å²) in [5.41, 5.74) is 3.08. The van der Waals surface area contributed by atoms with Crippen LogP contribution < -0.4 is 10.2 Å². The lowest BCUT2D eigenvalue weighted by Gasteiger charge is -2.32. The van der Waals surface area contributed by atoms with Gasteiger partial charge in [0, 0.05) is 36.6 Å². The van der Waals surface area contributed by atoms with Crippen LogP contribution in [-0.2, 0) is 20.6 Å². The minimum Gasteiger partial charge on any atom is -0.457 e. The van der Waals surface area contributed by atoms with Gasteiger partial charge in [0.1, 0.15) is 21.5 Å². The molecule has 4 aromatic rings. The molecule has 0 aliphatic carbocycles. The van der Waals surface area contributed by atoms with E-state index in [2.05, 4.69) is 22.3 Å². The second-order valence-corrected chi connectivity index (χ2v) is 13.0. The van der Waals surface area contributed by atoms with Gasteiger partial charge in [-0.25, -0.2) is 0 Å². The molecule has 6 rings (SSSR count). The van der Waals surface area contributed by atoms with Gasteiger partial charge in [-0.1, -0.05) is 53.8 Å². The van der Waals surface area contributed by atoms with Gasteiger partial charge in [0.05, 0.1) is 11.2 Å². The molecular formula is C32H34BN3O4S. The van der Waals surface area contributed by atoms with Crippen LogP contribution in [0.15, 0.2) is 72.8 Å². The van der Waals surface area contributed by atoms with Gasteiger partial charge in [-0.15, -0.1) is 10.2 Å². The van der Waals surface area contributed by atoms with Gasteiger partial charge in [0.15, 0.2) is 0 Å². The van der Waals surface area contributed by atoms with Crippen molar-refractivity contribution in [3.05, 3.63) is 88.9 Å². The highest BCUT2D eigenvalue weighted by Gasteiger charge is 2.51. The summed E-state index contributed by atoms with van der Waals surface area (Å²) in [5, 5.41) is 10.2. The second kappa shape index (κ2) is 10.7. The van der Waals surface area contributed by atoms with Gasteiger partial charge in [-0.3, -0.25) is 4.79 Å². The Hall–Kier alpha value is -3.53. The van der Waals surface area contributed by atoms with E-state index in [1.807, 2.05) is 100 Å². The molecule has 2 saturated heterocycles. The predicted molar refractivity (Wildman–Crippen MR) is 162 cm³/mol. The van der Waals surface area contributed by atoms with Crippen LogP contribution >= 0.6 is 11.3 Å². The molecule has 2 aliphatic heterocycles. The van der Waals surface area contributed by atoms with Crippen LogP contribution in [0.25, 0.3) is 10.6 Å². The number of rotatable bonds is 7. The van der Waals surface area contributed by atoms with E-state index in [0.29, 0.717) is 31.0 Å². The zero-order chi connectivity index (χ0) is 28.8. The lowest BCUT2D eigenvalue weighted by Crippen LogP contribution is -2.41. The van der Waals surface area contributed by atoms with Crippen molar-refractivity contribution >= 4 is 29.8 Å². The third kappa shape index (κ3) is 5.67. The smallest absolute Gasteiger partial charge is 0.457 e. The summed E-state index contributed by atoms with van der Waals surface area (Å²) in [6.45, 7) is 11.3. The van der Waals surface area contributed by atoms with Crippen molar-refractivity contribution in [2.24, 2.45) is 0 Å². The van der Waals surface area contributed by atoms with Crippen LogP contribution in [0, 0.1) is 6.92 Å². The maximum Gasteiger partial charge on any atom is 0.494 e. The highest BCUT2D eigenvalue weighted by atomic mass is 32.1. The zero-order valence-corrected chi connectivity index (χ0v) is 24.9. The van der Waals surface area contributed by atoms with E-state index in [4.69, 9.17) is 14.0 Å². The van der Waals surface area contributed by atoms with Gasteiger partial charge in [-0.2, -0.15) is 0 Å². The first kappa shape index (κ1) is 27.6. The van der Waals surface area contributed by atoms with Crippen molar-refractivity contribution in [1.29, 1.82) is 0 Å². The van der Waals surface area contributed by atoms with Crippen LogP contribution in [0.1, 0.15) is 56.2 Å². The zero-order valence-electron chi connectivity index (χ0n) is 24.1. The Bertz CT molecular complexity index is 1540. The number of hydrogen-bond acceptors (Lipinski definition) is 7. The largest absolute Gasteiger partial charge is 0.494 e. The average molecular weight is 568 g/mol. The topological polar surface area (TPSA) is 73.8 Å². The van der Waals surface area contributed by atoms with Crippen molar-refractivity contribution in [3.63, 3.8) is 0 Å². The second-order valence-electron chi connectivity index (χ2n) is 11.8. The Morgan fingerprint density at radius 2 is 1.68 bits per heavy atom. The number of aromatic nitrogens is 2. The summed E-state index contributed by atoms with van der Waals surface area (Å²) < 4.78 is 19.1.